The Labute approximate surface area is 168 Å². The van der Waals surface area contributed by atoms with Gasteiger partial charge in [-0.1, -0.05) is 49.2 Å². The Morgan fingerprint density at radius 2 is 1.85 bits per heavy atom. The van der Waals surface area contributed by atoms with Crippen LogP contribution in [-0.4, -0.2) is 37.9 Å². The molecule has 0 atom stereocenters. The van der Waals surface area contributed by atoms with E-state index in [-0.39, 0.29) is 10.5 Å². The van der Waals surface area contributed by atoms with Crippen LogP contribution in [0, 0.1) is 0 Å². The number of amides is 1. The molecule has 0 aliphatic rings. The molecule has 0 saturated carbocycles. The number of nitrogens with zero attached hydrogens (tertiary/aromatic N) is 2. The molecule has 0 heterocycles. The predicted octanol–water partition coefficient (Wildman–Crippen LogP) is 3.79. The van der Waals surface area contributed by atoms with Crippen molar-refractivity contribution in [2.45, 2.75) is 18.7 Å². The van der Waals surface area contributed by atoms with Gasteiger partial charge in [0, 0.05) is 29.2 Å². The van der Waals surface area contributed by atoms with Gasteiger partial charge in [0.15, 0.2) is 0 Å². The Balaban J connectivity index is 2.17. The van der Waals surface area contributed by atoms with Crippen molar-refractivity contribution in [3.05, 3.63) is 63.6 Å². The van der Waals surface area contributed by atoms with E-state index in [1.807, 2.05) is 0 Å². The van der Waals surface area contributed by atoms with E-state index in [4.69, 9.17) is 23.2 Å². The van der Waals surface area contributed by atoms with Crippen LogP contribution in [0.1, 0.15) is 29.8 Å². The number of carbonyl (C=O) groups is 1. The number of benzene rings is 2. The first-order chi connectivity index (χ1) is 12.8. The lowest BCUT2D eigenvalue weighted by Gasteiger charge is -2.18. The normalized spacial score (nSPS) is 11.9. The lowest BCUT2D eigenvalue weighted by atomic mass is 10.2. The minimum absolute atomic E-state index is 0.0589. The maximum Gasteiger partial charge on any atom is 0.271 e. The van der Waals surface area contributed by atoms with E-state index in [1.165, 1.54) is 34.8 Å². The van der Waals surface area contributed by atoms with Crippen molar-refractivity contribution in [1.82, 2.24) is 9.73 Å². The topological polar surface area (TPSA) is 78.8 Å². The Bertz CT molecular complexity index is 958. The molecule has 0 saturated heterocycles. The first kappa shape index (κ1) is 21.4. The van der Waals surface area contributed by atoms with Gasteiger partial charge >= 0.3 is 0 Å². The number of carbonyl (C=O) groups excluding carboxylic acids is 1. The standard InChI is InChI=1S/C18H19Cl2N3O3S/c1-3-23(4-2)27(25,26)16-7-5-6-13(10-16)18(24)22-21-12-14-8-9-15(19)11-17(14)20/h5-12H,3-4H2,1-2H3,(H,22,24)/b21-12+. The maximum atomic E-state index is 12.6. The molecular formula is C18H19Cl2N3O3S. The highest BCUT2D eigenvalue weighted by molar-refractivity contribution is 7.89. The van der Waals surface area contributed by atoms with Gasteiger partial charge in [0.1, 0.15) is 0 Å². The smallest absolute Gasteiger partial charge is 0.267 e. The third kappa shape index (κ3) is 5.29. The molecular weight excluding hydrogens is 409 g/mol. The van der Waals surface area contributed by atoms with Crippen LogP contribution in [0.2, 0.25) is 10.0 Å². The van der Waals surface area contributed by atoms with Crippen molar-refractivity contribution < 1.29 is 13.2 Å². The van der Waals surface area contributed by atoms with Crippen molar-refractivity contribution in [2.75, 3.05) is 13.1 Å². The lowest BCUT2D eigenvalue weighted by molar-refractivity contribution is 0.0955. The lowest BCUT2D eigenvalue weighted by Crippen LogP contribution is -2.30. The highest BCUT2D eigenvalue weighted by Gasteiger charge is 2.22. The number of hydrazone groups is 1. The zero-order chi connectivity index (χ0) is 20.0. The second-order valence-electron chi connectivity index (χ2n) is 5.48. The van der Waals surface area contributed by atoms with Gasteiger partial charge in [-0.2, -0.15) is 9.41 Å². The molecule has 0 fully saturated rings. The fourth-order valence-electron chi connectivity index (χ4n) is 2.34. The van der Waals surface area contributed by atoms with Crippen LogP contribution in [0.3, 0.4) is 0 Å². The summed E-state index contributed by atoms with van der Waals surface area (Å²) in [6, 6.07) is 10.7. The van der Waals surface area contributed by atoms with Crippen LogP contribution in [0.4, 0.5) is 0 Å². The first-order valence-corrected chi connectivity index (χ1v) is 10.4. The predicted molar refractivity (Wildman–Crippen MR) is 108 cm³/mol. The average Bonchev–Trinajstić information content (AvgIpc) is 2.64. The summed E-state index contributed by atoms with van der Waals surface area (Å²) in [6.45, 7) is 4.21. The van der Waals surface area contributed by atoms with Crippen LogP contribution in [-0.2, 0) is 10.0 Å². The van der Waals surface area contributed by atoms with E-state index in [0.29, 0.717) is 28.7 Å². The highest BCUT2D eigenvalue weighted by Crippen LogP contribution is 2.19. The minimum atomic E-state index is -3.65. The first-order valence-electron chi connectivity index (χ1n) is 8.18. The molecule has 1 N–H and O–H groups in total. The van der Waals surface area contributed by atoms with Crippen molar-refractivity contribution in [1.29, 1.82) is 0 Å². The van der Waals surface area contributed by atoms with Gasteiger partial charge in [-0.25, -0.2) is 13.8 Å². The Morgan fingerprint density at radius 1 is 1.15 bits per heavy atom. The molecule has 27 heavy (non-hydrogen) atoms. The quantitative estimate of drug-likeness (QED) is 0.539. The molecule has 144 valence electrons. The van der Waals surface area contributed by atoms with Crippen LogP contribution >= 0.6 is 23.2 Å². The van der Waals surface area contributed by atoms with E-state index in [9.17, 15) is 13.2 Å². The minimum Gasteiger partial charge on any atom is -0.267 e. The van der Waals surface area contributed by atoms with Crippen LogP contribution in [0.5, 0.6) is 0 Å². The SMILES string of the molecule is CCN(CC)S(=O)(=O)c1cccc(C(=O)N/N=C/c2ccc(Cl)cc2Cl)c1. The number of rotatable bonds is 7. The van der Waals surface area contributed by atoms with Crippen LogP contribution in [0.25, 0.3) is 0 Å². The van der Waals surface area contributed by atoms with Gasteiger partial charge in [-0.05, 0) is 30.3 Å². The van der Waals surface area contributed by atoms with E-state index in [0.717, 1.165) is 0 Å². The largest absolute Gasteiger partial charge is 0.271 e. The van der Waals surface area contributed by atoms with E-state index < -0.39 is 15.9 Å². The summed E-state index contributed by atoms with van der Waals surface area (Å²) in [6.07, 6.45) is 1.38. The molecule has 2 rings (SSSR count). The molecule has 0 aliphatic heterocycles. The number of nitrogens with one attached hydrogen (secondary N) is 1. The highest BCUT2D eigenvalue weighted by atomic mass is 35.5. The van der Waals surface area contributed by atoms with Gasteiger partial charge in [0.05, 0.1) is 16.1 Å². The van der Waals surface area contributed by atoms with Gasteiger partial charge in [0.2, 0.25) is 10.0 Å². The molecule has 6 nitrogen and oxygen atoms in total. The summed E-state index contributed by atoms with van der Waals surface area (Å²) < 4.78 is 26.5. The summed E-state index contributed by atoms with van der Waals surface area (Å²) in [5.41, 5.74) is 3.12. The van der Waals surface area contributed by atoms with Gasteiger partial charge < -0.3 is 0 Å². The molecule has 1 amide bonds. The fourth-order valence-corrected chi connectivity index (χ4v) is 4.30. The molecule has 0 spiro atoms. The van der Waals surface area contributed by atoms with Crippen molar-refractivity contribution in [2.24, 2.45) is 5.10 Å². The Hall–Kier alpha value is -1.93. The summed E-state index contributed by atoms with van der Waals surface area (Å²) in [7, 11) is -3.65. The summed E-state index contributed by atoms with van der Waals surface area (Å²) in [5.74, 6) is -0.534. The molecule has 2 aromatic carbocycles. The number of hydrogen-bond acceptors (Lipinski definition) is 4. The van der Waals surface area contributed by atoms with Gasteiger partial charge in [-0.3, -0.25) is 4.79 Å². The van der Waals surface area contributed by atoms with Crippen molar-refractivity contribution in [3.8, 4) is 0 Å². The number of hydrogen-bond donors (Lipinski definition) is 1. The van der Waals surface area contributed by atoms with Crippen molar-refractivity contribution >= 4 is 45.3 Å². The molecule has 0 bridgehead atoms. The van der Waals surface area contributed by atoms with E-state index >= 15 is 0 Å². The molecule has 0 aromatic heterocycles. The Morgan fingerprint density at radius 3 is 2.48 bits per heavy atom. The second kappa shape index (κ2) is 9.32. The monoisotopic (exact) mass is 427 g/mol. The average molecular weight is 428 g/mol. The number of halogens is 2. The zero-order valence-electron chi connectivity index (χ0n) is 14.8. The van der Waals surface area contributed by atoms with Gasteiger partial charge in [-0.15, -0.1) is 0 Å². The Kier molecular flexibility index (Phi) is 7.38. The van der Waals surface area contributed by atoms with E-state index in [1.54, 1.807) is 32.0 Å². The summed E-state index contributed by atoms with van der Waals surface area (Å²) >= 11 is 11.9. The molecule has 0 unspecified atom stereocenters. The summed E-state index contributed by atoms with van der Waals surface area (Å²) in [4.78, 5) is 12.3. The fraction of sp³-hybridized carbons (Fsp3) is 0.222. The zero-order valence-corrected chi connectivity index (χ0v) is 17.1. The molecule has 0 radical (unpaired) electrons. The van der Waals surface area contributed by atoms with Crippen molar-refractivity contribution in [3.63, 3.8) is 0 Å². The molecule has 0 aliphatic carbocycles. The maximum absolute atomic E-state index is 12.6. The van der Waals surface area contributed by atoms with Gasteiger partial charge in [0.25, 0.3) is 5.91 Å². The second-order valence-corrected chi connectivity index (χ2v) is 8.26. The third-order valence-corrected chi connectivity index (χ3v) is 6.38. The third-order valence-electron chi connectivity index (χ3n) is 3.77. The van der Waals surface area contributed by atoms with Crippen LogP contribution in [0.15, 0.2) is 52.5 Å². The summed E-state index contributed by atoms with van der Waals surface area (Å²) in [5, 5.41) is 4.74. The van der Waals surface area contributed by atoms with E-state index in [2.05, 4.69) is 10.5 Å². The van der Waals surface area contributed by atoms with Crippen LogP contribution < -0.4 is 5.43 Å². The molecule has 9 heteroatoms. The number of sulfonamides is 1. The molecule has 2 aromatic rings.